The van der Waals surface area contributed by atoms with E-state index in [4.69, 9.17) is 10.8 Å². The summed E-state index contributed by atoms with van der Waals surface area (Å²) in [5.74, 6) is 4.07. The van der Waals surface area contributed by atoms with Crippen molar-refractivity contribution in [3.05, 3.63) is 77.2 Å². The van der Waals surface area contributed by atoms with Crippen molar-refractivity contribution in [2.24, 2.45) is 5.73 Å². The highest BCUT2D eigenvalue weighted by molar-refractivity contribution is 5.81. The van der Waals surface area contributed by atoms with Gasteiger partial charge in [0.05, 0.1) is 11.7 Å². The van der Waals surface area contributed by atoms with Crippen LogP contribution >= 0.6 is 0 Å². The lowest BCUT2D eigenvalue weighted by Crippen LogP contribution is -2.17. The van der Waals surface area contributed by atoms with E-state index in [1.165, 1.54) is 30.4 Å². The molecule has 0 radical (unpaired) electrons. The Morgan fingerprint density at radius 1 is 1.17 bits per heavy atom. The van der Waals surface area contributed by atoms with Gasteiger partial charge in [0.1, 0.15) is 22.9 Å². The summed E-state index contributed by atoms with van der Waals surface area (Å²) in [5, 5.41) is 28.9. The summed E-state index contributed by atoms with van der Waals surface area (Å²) in [6, 6.07) is 9.18. The number of aromatic nitrogens is 4. The van der Waals surface area contributed by atoms with Crippen molar-refractivity contribution < 1.29 is 23.8 Å². The highest BCUT2D eigenvalue weighted by Crippen LogP contribution is 2.29. The van der Waals surface area contributed by atoms with E-state index in [0.717, 1.165) is 6.07 Å². The number of hydrogen-bond donors (Lipinski definition) is 4. The largest absolute Gasteiger partial charge is 0.465 e. The van der Waals surface area contributed by atoms with E-state index in [9.17, 15) is 18.7 Å². The van der Waals surface area contributed by atoms with Gasteiger partial charge < -0.3 is 15.9 Å². The second kappa shape index (κ2) is 9.69. The number of aliphatic hydroxyl groups is 1. The number of anilines is 1. The van der Waals surface area contributed by atoms with Crippen molar-refractivity contribution >= 4 is 17.7 Å². The molecule has 1 amide bonds. The molecule has 11 heteroatoms. The molecule has 3 heterocycles. The molecule has 1 aromatic carbocycles. The Morgan fingerprint density at radius 3 is 2.56 bits per heavy atom. The van der Waals surface area contributed by atoms with Crippen molar-refractivity contribution in [1.82, 2.24) is 19.6 Å². The van der Waals surface area contributed by atoms with Gasteiger partial charge in [0, 0.05) is 23.4 Å². The Labute approximate surface area is 204 Å². The third-order valence-electron chi connectivity index (χ3n) is 5.08. The smallest absolute Gasteiger partial charge is 0.411 e. The molecule has 4 rings (SSSR count). The summed E-state index contributed by atoms with van der Waals surface area (Å²) in [6.45, 7) is 3.08. The number of hydrogen-bond acceptors (Lipinski definition) is 6. The molecule has 36 heavy (non-hydrogen) atoms. The molecule has 0 bridgehead atoms. The summed E-state index contributed by atoms with van der Waals surface area (Å²) in [4.78, 5) is 15.7. The van der Waals surface area contributed by atoms with Gasteiger partial charge in [-0.3, -0.25) is 9.72 Å². The van der Waals surface area contributed by atoms with Crippen molar-refractivity contribution in [2.45, 2.75) is 31.9 Å². The van der Waals surface area contributed by atoms with Crippen LogP contribution in [0.1, 0.15) is 36.8 Å². The number of halogens is 2. The third-order valence-corrected chi connectivity index (χ3v) is 5.08. The van der Waals surface area contributed by atoms with Gasteiger partial charge in [-0.2, -0.15) is 0 Å². The molecule has 1 unspecified atom stereocenters. The number of carbonyl (C=O) groups is 1. The van der Waals surface area contributed by atoms with Crippen molar-refractivity contribution in [3.8, 4) is 23.0 Å². The number of nitrogens with one attached hydrogen (secondary N) is 1. The van der Waals surface area contributed by atoms with Crippen LogP contribution in [0.3, 0.4) is 0 Å². The third kappa shape index (κ3) is 5.80. The second-order valence-electron chi connectivity index (χ2n) is 8.63. The maximum absolute atomic E-state index is 13.7. The van der Waals surface area contributed by atoms with Gasteiger partial charge in [-0.25, -0.2) is 18.6 Å². The predicted molar refractivity (Wildman–Crippen MR) is 128 cm³/mol. The Bertz CT molecular complexity index is 1500. The zero-order valence-electron chi connectivity index (χ0n) is 19.3. The maximum Gasteiger partial charge on any atom is 0.411 e. The Hall–Kier alpha value is -4.40. The molecule has 0 aliphatic heterocycles. The van der Waals surface area contributed by atoms with E-state index in [1.807, 2.05) is 0 Å². The van der Waals surface area contributed by atoms with Crippen LogP contribution in [0.2, 0.25) is 0 Å². The lowest BCUT2D eigenvalue weighted by Gasteiger charge is -2.17. The SMILES string of the molecule is CC(C)(O)C#Cc1ccc(-c2ccc3nnc(NC(=O)O)n3c2)c(C(N)Cc2cc(F)cc(F)c2)n1. The predicted octanol–water partition coefficient (Wildman–Crippen LogP) is 3.52. The monoisotopic (exact) mass is 492 g/mol. The van der Waals surface area contributed by atoms with Gasteiger partial charge in [0.15, 0.2) is 5.65 Å². The summed E-state index contributed by atoms with van der Waals surface area (Å²) in [5.41, 5.74) is 7.93. The zero-order chi connectivity index (χ0) is 26.0. The number of nitrogens with zero attached hydrogens (tertiary/aromatic N) is 4. The number of rotatable bonds is 5. The highest BCUT2D eigenvalue weighted by atomic mass is 19.1. The summed E-state index contributed by atoms with van der Waals surface area (Å²) in [6.07, 6.45) is 0.409. The molecule has 0 fully saturated rings. The Balaban J connectivity index is 1.81. The first kappa shape index (κ1) is 24.7. The van der Waals surface area contributed by atoms with Gasteiger partial charge in [0.25, 0.3) is 0 Å². The second-order valence-corrected chi connectivity index (χ2v) is 8.63. The summed E-state index contributed by atoms with van der Waals surface area (Å²) in [7, 11) is 0. The number of nitrogens with two attached hydrogens (primary N) is 1. The number of pyridine rings is 2. The first-order valence-corrected chi connectivity index (χ1v) is 10.8. The van der Waals surface area contributed by atoms with Gasteiger partial charge in [-0.15, -0.1) is 10.2 Å². The van der Waals surface area contributed by atoms with Crippen LogP contribution in [-0.4, -0.2) is 41.5 Å². The molecule has 4 aromatic rings. The summed E-state index contributed by atoms with van der Waals surface area (Å²) < 4.78 is 29.0. The normalized spacial score (nSPS) is 12.2. The molecule has 0 aliphatic carbocycles. The molecule has 9 nitrogen and oxygen atoms in total. The molecule has 0 saturated heterocycles. The molecule has 0 spiro atoms. The van der Waals surface area contributed by atoms with Gasteiger partial charge in [-0.1, -0.05) is 5.92 Å². The fourth-order valence-corrected chi connectivity index (χ4v) is 3.60. The molecule has 184 valence electrons. The molecule has 5 N–H and O–H groups in total. The van der Waals surface area contributed by atoms with Crippen LogP contribution in [0.25, 0.3) is 16.8 Å². The molecular formula is C25H22F2N6O3. The van der Waals surface area contributed by atoms with Gasteiger partial charge in [0.2, 0.25) is 5.95 Å². The number of carboxylic acid groups (broad SMARTS) is 1. The number of fused-ring (bicyclic) bond motifs is 1. The Kier molecular flexibility index (Phi) is 6.65. The van der Waals surface area contributed by atoms with E-state index < -0.39 is 29.4 Å². The molecular weight excluding hydrogens is 470 g/mol. The minimum absolute atomic E-state index is 0.000979. The van der Waals surface area contributed by atoms with E-state index in [-0.39, 0.29) is 12.4 Å². The minimum Gasteiger partial charge on any atom is -0.465 e. The van der Waals surface area contributed by atoms with Crippen molar-refractivity contribution in [1.29, 1.82) is 0 Å². The topological polar surface area (TPSA) is 139 Å². The lowest BCUT2D eigenvalue weighted by atomic mass is 9.96. The minimum atomic E-state index is -1.30. The average molecular weight is 492 g/mol. The highest BCUT2D eigenvalue weighted by Gasteiger charge is 2.18. The van der Waals surface area contributed by atoms with Gasteiger partial charge in [-0.05, 0) is 68.2 Å². The fourth-order valence-electron chi connectivity index (χ4n) is 3.60. The van der Waals surface area contributed by atoms with E-state index >= 15 is 0 Å². The number of amides is 1. The molecule has 0 saturated carbocycles. The summed E-state index contributed by atoms with van der Waals surface area (Å²) >= 11 is 0. The average Bonchev–Trinajstić information content (AvgIpc) is 3.17. The van der Waals surface area contributed by atoms with E-state index in [2.05, 4.69) is 32.3 Å². The van der Waals surface area contributed by atoms with Crippen molar-refractivity contribution in [3.63, 3.8) is 0 Å². The maximum atomic E-state index is 13.7. The molecule has 0 aliphatic rings. The van der Waals surface area contributed by atoms with Crippen LogP contribution in [0.15, 0.2) is 48.7 Å². The quantitative estimate of drug-likeness (QED) is 0.313. The van der Waals surface area contributed by atoms with Crippen LogP contribution in [0.4, 0.5) is 19.5 Å². The van der Waals surface area contributed by atoms with Crippen molar-refractivity contribution in [2.75, 3.05) is 5.32 Å². The Morgan fingerprint density at radius 2 is 1.89 bits per heavy atom. The fraction of sp³-hybridized carbons (Fsp3) is 0.200. The first-order valence-electron chi connectivity index (χ1n) is 10.8. The molecule has 1 atom stereocenters. The van der Waals surface area contributed by atoms with E-state index in [0.29, 0.717) is 33.7 Å². The first-order chi connectivity index (χ1) is 17.0. The number of benzene rings is 1. The van der Waals surface area contributed by atoms with Crippen LogP contribution in [0.5, 0.6) is 0 Å². The zero-order valence-corrected chi connectivity index (χ0v) is 19.3. The van der Waals surface area contributed by atoms with E-state index in [1.54, 1.807) is 30.5 Å². The van der Waals surface area contributed by atoms with Crippen LogP contribution in [0, 0.1) is 23.5 Å². The standard InChI is InChI=1S/C25H22F2N6O3/c1-25(2,36)8-7-18-4-5-19(15-3-6-21-31-32-23(30-24(34)35)33(21)13-15)22(29-18)20(28)11-14-9-16(26)12-17(27)10-14/h3-6,9-10,12-13,20,36H,11,28H2,1-2H3,(H,30,32)(H,34,35). The van der Waals surface area contributed by atoms with Crippen LogP contribution in [-0.2, 0) is 6.42 Å². The lowest BCUT2D eigenvalue weighted by molar-refractivity contribution is 0.143. The van der Waals surface area contributed by atoms with Crippen LogP contribution < -0.4 is 11.1 Å². The van der Waals surface area contributed by atoms with Gasteiger partial charge >= 0.3 is 6.09 Å². The molecule has 3 aromatic heterocycles.